The van der Waals surface area contributed by atoms with Gasteiger partial charge in [-0.1, -0.05) is 0 Å². The smallest absolute Gasteiger partial charge is 0.321 e. The fourth-order valence-electron chi connectivity index (χ4n) is 2.73. The van der Waals surface area contributed by atoms with Crippen molar-refractivity contribution in [3.05, 3.63) is 24.2 Å². The number of hydrogen-bond acceptors (Lipinski definition) is 5. The number of urea groups is 1. The molecule has 0 aliphatic carbocycles. The minimum Gasteiger partial charge on any atom is -0.467 e. The summed E-state index contributed by atoms with van der Waals surface area (Å²) in [5.41, 5.74) is 0. The van der Waals surface area contributed by atoms with Crippen LogP contribution in [0.4, 0.5) is 4.79 Å². The monoisotopic (exact) mass is 336 g/mol. The summed E-state index contributed by atoms with van der Waals surface area (Å²) in [5.74, 6) is 0.328. The summed E-state index contributed by atoms with van der Waals surface area (Å²) in [7, 11) is 1.46. The third-order valence-electron chi connectivity index (χ3n) is 4.31. The van der Waals surface area contributed by atoms with Crippen LogP contribution in [0.1, 0.15) is 25.5 Å². The quantitative estimate of drug-likeness (QED) is 0.724. The van der Waals surface area contributed by atoms with Gasteiger partial charge in [-0.2, -0.15) is 0 Å². The van der Waals surface area contributed by atoms with E-state index in [9.17, 15) is 14.4 Å². The summed E-state index contributed by atoms with van der Waals surface area (Å²) in [6.45, 7) is 3.43. The second-order valence-electron chi connectivity index (χ2n) is 5.85. The SMILES string of the molecule is CNC(=O)NC(=O)[C@@H](C)N1CCC(C(=O)NCc2ccco2)CC1. The average molecular weight is 336 g/mol. The molecule has 0 unspecified atom stereocenters. The fourth-order valence-corrected chi connectivity index (χ4v) is 2.73. The number of hydrogen-bond donors (Lipinski definition) is 3. The first-order chi connectivity index (χ1) is 11.5. The van der Waals surface area contributed by atoms with Crippen LogP contribution < -0.4 is 16.0 Å². The summed E-state index contributed by atoms with van der Waals surface area (Å²) in [5, 5.41) is 7.50. The highest BCUT2D eigenvalue weighted by Gasteiger charge is 2.30. The van der Waals surface area contributed by atoms with Gasteiger partial charge in [-0.05, 0) is 45.0 Å². The third kappa shape index (κ3) is 4.82. The van der Waals surface area contributed by atoms with Gasteiger partial charge in [0, 0.05) is 13.0 Å². The van der Waals surface area contributed by atoms with Crippen LogP contribution in [0.5, 0.6) is 0 Å². The van der Waals surface area contributed by atoms with Gasteiger partial charge in [-0.25, -0.2) is 4.79 Å². The zero-order valence-corrected chi connectivity index (χ0v) is 14.0. The molecule has 2 heterocycles. The summed E-state index contributed by atoms with van der Waals surface area (Å²) in [4.78, 5) is 37.3. The summed E-state index contributed by atoms with van der Waals surface area (Å²) in [6, 6.07) is 2.68. The van der Waals surface area contributed by atoms with E-state index in [-0.39, 0.29) is 17.7 Å². The molecule has 0 bridgehead atoms. The number of imide groups is 1. The molecule has 1 fully saturated rings. The van der Waals surface area contributed by atoms with Crippen LogP contribution in [0.25, 0.3) is 0 Å². The van der Waals surface area contributed by atoms with Gasteiger partial charge in [0.15, 0.2) is 0 Å². The Bertz CT molecular complexity index is 565. The van der Waals surface area contributed by atoms with Crippen molar-refractivity contribution in [1.29, 1.82) is 0 Å². The highest BCUT2D eigenvalue weighted by Crippen LogP contribution is 2.19. The number of piperidine rings is 1. The molecule has 1 saturated heterocycles. The maximum atomic E-state index is 12.2. The topological polar surface area (TPSA) is 104 Å². The van der Waals surface area contributed by atoms with Gasteiger partial charge in [0.25, 0.3) is 0 Å². The minimum atomic E-state index is -0.515. The highest BCUT2D eigenvalue weighted by molar-refractivity contribution is 5.96. The lowest BCUT2D eigenvalue weighted by molar-refractivity contribution is -0.128. The molecule has 1 aliphatic rings. The van der Waals surface area contributed by atoms with Gasteiger partial charge in [0.1, 0.15) is 5.76 Å². The Balaban J connectivity index is 1.74. The van der Waals surface area contributed by atoms with E-state index in [0.29, 0.717) is 32.5 Å². The molecule has 8 heteroatoms. The lowest BCUT2D eigenvalue weighted by atomic mass is 9.95. The number of likely N-dealkylation sites (tertiary alicyclic amines) is 1. The molecule has 2 rings (SSSR count). The first kappa shape index (κ1) is 18.0. The maximum Gasteiger partial charge on any atom is 0.321 e. The Hall–Kier alpha value is -2.35. The van der Waals surface area contributed by atoms with Crippen molar-refractivity contribution in [2.24, 2.45) is 5.92 Å². The van der Waals surface area contributed by atoms with Crippen molar-refractivity contribution in [1.82, 2.24) is 20.9 Å². The van der Waals surface area contributed by atoms with E-state index in [1.807, 2.05) is 11.0 Å². The predicted octanol–water partition coefficient (Wildman–Crippen LogP) is 0.452. The van der Waals surface area contributed by atoms with E-state index >= 15 is 0 Å². The Labute approximate surface area is 140 Å². The number of nitrogens with zero attached hydrogens (tertiary/aromatic N) is 1. The molecule has 0 aromatic carbocycles. The number of nitrogens with one attached hydrogen (secondary N) is 3. The zero-order valence-electron chi connectivity index (χ0n) is 14.0. The molecule has 0 saturated carbocycles. The van der Waals surface area contributed by atoms with E-state index in [0.717, 1.165) is 5.76 Å². The molecule has 1 aromatic heterocycles. The van der Waals surface area contributed by atoms with Gasteiger partial charge < -0.3 is 15.1 Å². The van der Waals surface area contributed by atoms with Crippen LogP contribution in [0.15, 0.2) is 22.8 Å². The Morgan fingerprint density at radius 2 is 2.04 bits per heavy atom. The molecule has 1 aliphatic heterocycles. The lowest BCUT2D eigenvalue weighted by Gasteiger charge is -2.34. The summed E-state index contributed by atoms with van der Waals surface area (Å²) in [6.07, 6.45) is 2.94. The van der Waals surface area contributed by atoms with Crippen molar-refractivity contribution in [3.63, 3.8) is 0 Å². The molecule has 3 N–H and O–H groups in total. The Morgan fingerprint density at radius 3 is 2.62 bits per heavy atom. The molecule has 0 spiro atoms. The van der Waals surface area contributed by atoms with Gasteiger partial charge in [-0.3, -0.25) is 19.8 Å². The lowest BCUT2D eigenvalue weighted by Crippen LogP contribution is -2.52. The highest BCUT2D eigenvalue weighted by atomic mass is 16.3. The zero-order chi connectivity index (χ0) is 17.5. The number of rotatable bonds is 5. The predicted molar refractivity (Wildman–Crippen MR) is 86.9 cm³/mol. The molecule has 4 amide bonds. The second kappa shape index (κ2) is 8.49. The Morgan fingerprint density at radius 1 is 1.33 bits per heavy atom. The molecule has 8 nitrogen and oxygen atoms in total. The molecular weight excluding hydrogens is 312 g/mol. The third-order valence-corrected chi connectivity index (χ3v) is 4.31. The standard InChI is InChI=1S/C16H24N4O4/c1-11(14(21)19-16(23)17-2)20-7-5-12(6-8-20)15(22)18-10-13-4-3-9-24-13/h3-4,9,11-12H,5-8,10H2,1-2H3,(H,18,22)(H2,17,19,21,23)/t11-/m1/s1. The fraction of sp³-hybridized carbons (Fsp3) is 0.562. The molecule has 24 heavy (non-hydrogen) atoms. The normalized spacial score (nSPS) is 17.1. The van der Waals surface area contributed by atoms with E-state index in [4.69, 9.17) is 4.42 Å². The largest absolute Gasteiger partial charge is 0.467 e. The first-order valence-electron chi connectivity index (χ1n) is 8.08. The van der Waals surface area contributed by atoms with E-state index in [2.05, 4.69) is 16.0 Å². The summed E-state index contributed by atoms with van der Waals surface area (Å²) >= 11 is 0. The minimum absolute atomic E-state index is 0.00788. The molecule has 0 radical (unpaired) electrons. The number of carbonyl (C=O) groups is 3. The van der Waals surface area contributed by atoms with Crippen molar-refractivity contribution in [2.75, 3.05) is 20.1 Å². The van der Waals surface area contributed by atoms with Gasteiger partial charge in [0.05, 0.1) is 18.8 Å². The van der Waals surface area contributed by atoms with E-state index in [1.165, 1.54) is 7.05 Å². The average Bonchev–Trinajstić information content (AvgIpc) is 3.12. The molecular formula is C16H24N4O4. The molecule has 1 atom stereocenters. The van der Waals surface area contributed by atoms with Gasteiger partial charge in [-0.15, -0.1) is 0 Å². The first-order valence-corrected chi connectivity index (χ1v) is 8.08. The summed E-state index contributed by atoms with van der Waals surface area (Å²) < 4.78 is 5.19. The van der Waals surface area contributed by atoms with Gasteiger partial charge >= 0.3 is 6.03 Å². The van der Waals surface area contributed by atoms with E-state index < -0.39 is 12.1 Å². The van der Waals surface area contributed by atoms with Gasteiger partial charge in [0.2, 0.25) is 11.8 Å². The van der Waals surface area contributed by atoms with Crippen LogP contribution >= 0.6 is 0 Å². The van der Waals surface area contributed by atoms with Crippen LogP contribution in [0.2, 0.25) is 0 Å². The number of amides is 4. The van der Waals surface area contributed by atoms with Crippen LogP contribution in [0, 0.1) is 5.92 Å². The number of furan rings is 1. The molecule has 132 valence electrons. The Kier molecular flexibility index (Phi) is 6.36. The van der Waals surface area contributed by atoms with Crippen molar-refractivity contribution in [2.45, 2.75) is 32.4 Å². The van der Waals surface area contributed by atoms with Crippen molar-refractivity contribution in [3.8, 4) is 0 Å². The number of carbonyl (C=O) groups excluding carboxylic acids is 3. The maximum absolute atomic E-state index is 12.2. The molecule has 1 aromatic rings. The van der Waals surface area contributed by atoms with Crippen LogP contribution in [0.3, 0.4) is 0 Å². The van der Waals surface area contributed by atoms with Crippen molar-refractivity contribution >= 4 is 17.8 Å². The van der Waals surface area contributed by atoms with E-state index in [1.54, 1.807) is 19.3 Å². The van der Waals surface area contributed by atoms with Crippen LogP contribution in [-0.2, 0) is 16.1 Å². The second-order valence-corrected chi connectivity index (χ2v) is 5.85. The van der Waals surface area contributed by atoms with Crippen molar-refractivity contribution < 1.29 is 18.8 Å². The van der Waals surface area contributed by atoms with Crippen LogP contribution in [-0.4, -0.2) is 48.9 Å².